The molecule has 1 aliphatic heterocycles. The van der Waals surface area contributed by atoms with Gasteiger partial charge in [-0.15, -0.1) is 0 Å². The van der Waals surface area contributed by atoms with E-state index in [4.69, 9.17) is 32.9 Å². The number of phosphoric acid groups is 1. The Morgan fingerprint density at radius 2 is 0.961 bits per heavy atom. The molecule has 0 saturated carbocycles. The van der Waals surface area contributed by atoms with Crippen LogP contribution >= 0.6 is 7.82 Å². The Labute approximate surface area is 456 Å². The second kappa shape index (κ2) is 42.4. The molecule has 0 radical (unpaired) electrons. The molecule has 0 bridgehead atoms. The lowest BCUT2D eigenvalue weighted by atomic mass is 9.96. The van der Waals surface area contributed by atoms with E-state index in [1.165, 1.54) is 64.2 Å². The van der Waals surface area contributed by atoms with Crippen molar-refractivity contribution in [1.82, 2.24) is 5.32 Å². The highest BCUT2D eigenvalue weighted by Crippen LogP contribution is 2.52. The van der Waals surface area contributed by atoms with Crippen LogP contribution in [0.3, 0.4) is 0 Å². The van der Waals surface area contributed by atoms with Gasteiger partial charge in [0.15, 0.2) is 6.10 Å². The molecule has 15 nitrogen and oxygen atoms in total. The van der Waals surface area contributed by atoms with Gasteiger partial charge < -0.3 is 49.0 Å². The van der Waals surface area contributed by atoms with Gasteiger partial charge in [-0.25, -0.2) is 4.57 Å². The van der Waals surface area contributed by atoms with Gasteiger partial charge in [0.2, 0.25) is 12.2 Å². The second-order valence-electron chi connectivity index (χ2n) is 20.9. The number of benzene rings is 2. The molecule has 0 unspecified atom stereocenters. The molecule has 16 heteroatoms. The largest absolute Gasteiger partial charge is 0.588 e. The third-order valence-corrected chi connectivity index (χ3v) is 15.4. The summed E-state index contributed by atoms with van der Waals surface area (Å²) in [5.74, 6) is -1.98. The van der Waals surface area contributed by atoms with Crippen molar-refractivity contribution in [3.63, 3.8) is 0 Å². The smallest absolute Gasteiger partial charge is 0.457 e. The van der Waals surface area contributed by atoms with Crippen molar-refractivity contribution in [1.29, 1.82) is 0 Å². The van der Waals surface area contributed by atoms with Gasteiger partial charge in [-0.3, -0.25) is 18.9 Å². The molecular weight excluding hydrogens is 990 g/mol. The number of hydrogen-bond acceptors (Lipinski definition) is 14. The van der Waals surface area contributed by atoms with Gasteiger partial charge in [-0.2, -0.15) is 0 Å². The molecule has 1 fully saturated rings. The SMILES string of the molecule is CCCCCCCCCCC[C@@H](O)CC(=O)N[C@H]1[C@@H](OC(=O)C[C@H](O)CCCCCCCCCCC)O[C@H](CO)[C@@H](OP(=O)(Oc2ccccc2)Oc2ccccc2)[C@@H]1OC(=O)CCCCCCCCCCCCCO. The minimum absolute atomic E-state index is 0.0228. The van der Waals surface area contributed by atoms with Gasteiger partial charge in [0.05, 0.1) is 31.7 Å². The van der Waals surface area contributed by atoms with E-state index in [2.05, 4.69) is 19.2 Å². The van der Waals surface area contributed by atoms with Crippen LogP contribution in [0.2, 0.25) is 0 Å². The van der Waals surface area contributed by atoms with Gasteiger partial charge in [-0.1, -0.05) is 224 Å². The van der Waals surface area contributed by atoms with Crippen LogP contribution in [0.15, 0.2) is 60.7 Å². The van der Waals surface area contributed by atoms with Crippen molar-refractivity contribution in [2.75, 3.05) is 13.2 Å². The topological polar surface area (TPSA) is 217 Å². The monoisotopic (exact) mass is 1090 g/mol. The van der Waals surface area contributed by atoms with Gasteiger partial charge >= 0.3 is 19.8 Å². The molecule has 3 rings (SSSR count). The fourth-order valence-corrected chi connectivity index (χ4v) is 11.0. The van der Waals surface area contributed by atoms with Crippen LogP contribution in [0, 0.1) is 0 Å². The zero-order chi connectivity index (χ0) is 54.9. The van der Waals surface area contributed by atoms with Crippen molar-refractivity contribution < 1.29 is 67.2 Å². The summed E-state index contributed by atoms with van der Waals surface area (Å²) in [6.07, 6.45) is 21.9. The molecule has 0 aromatic heterocycles. The van der Waals surface area contributed by atoms with Crippen LogP contribution in [-0.2, 0) is 37.7 Å². The van der Waals surface area contributed by atoms with E-state index in [1.54, 1.807) is 60.7 Å². The third-order valence-electron chi connectivity index (χ3n) is 14.0. The summed E-state index contributed by atoms with van der Waals surface area (Å²) in [5, 5.41) is 44.9. The van der Waals surface area contributed by atoms with Gasteiger partial charge in [0, 0.05) is 13.0 Å². The predicted octanol–water partition coefficient (Wildman–Crippen LogP) is 13.3. The Hall–Kier alpha value is -3.56. The fraction of sp³-hybridized carbons (Fsp3) is 0.750. The fourth-order valence-electron chi connectivity index (χ4n) is 9.60. The van der Waals surface area contributed by atoms with E-state index >= 15 is 4.57 Å². The number of nitrogens with one attached hydrogen (secondary N) is 1. The number of aliphatic hydroxyl groups is 4. The third kappa shape index (κ3) is 30.6. The van der Waals surface area contributed by atoms with Crippen LogP contribution in [0.25, 0.3) is 0 Å². The van der Waals surface area contributed by atoms with Crippen LogP contribution in [0.4, 0.5) is 0 Å². The number of carbonyl (C=O) groups is 3. The molecule has 2 aromatic rings. The van der Waals surface area contributed by atoms with Gasteiger partial charge in [0.25, 0.3) is 0 Å². The van der Waals surface area contributed by atoms with Crippen LogP contribution in [0.1, 0.15) is 232 Å². The second-order valence-corrected chi connectivity index (χ2v) is 22.4. The molecule has 7 atom stereocenters. The summed E-state index contributed by atoms with van der Waals surface area (Å²) in [7, 11) is -4.80. The summed E-state index contributed by atoms with van der Waals surface area (Å²) >= 11 is 0. The first-order valence-corrected chi connectivity index (χ1v) is 31.2. The standard InChI is InChI=1S/C60H100NO14P/c1-3-5-7-9-11-16-20-24-30-38-49(64)46-54(66)61-57-59(71-55(67)44-36-26-22-18-14-13-15-19-23-27-37-45-62)58(75-76(69,73-51-40-32-28-33-41-51)74-52-42-34-29-35-43-52)53(48-63)70-60(57)72-56(68)47-50(65)39-31-25-21-17-12-10-8-6-4-2/h28-29,32-35,40-43,49-50,53,57-60,62-65H,3-27,30-31,36-39,44-48H2,1-2H3,(H,61,66)/t49-,50-,53-,57-,58-,59-,60-/m1/s1. The molecule has 76 heavy (non-hydrogen) atoms. The zero-order valence-corrected chi connectivity index (χ0v) is 47.5. The zero-order valence-electron chi connectivity index (χ0n) is 46.6. The maximum absolute atomic E-state index is 15.0. The summed E-state index contributed by atoms with van der Waals surface area (Å²) in [4.78, 5) is 41.8. The minimum Gasteiger partial charge on any atom is -0.457 e. The summed E-state index contributed by atoms with van der Waals surface area (Å²) in [5.41, 5.74) is 0. The number of ether oxygens (including phenoxy) is 3. The molecule has 5 N–H and O–H groups in total. The van der Waals surface area contributed by atoms with Crippen molar-refractivity contribution in [3.05, 3.63) is 60.7 Å². The molecular formula is C60H100NO14P. The number of aliphatic hydroxyl groups excluding tert-OH is 4. The number of amides is 1. The average molecular weight is 1090 g/mol. The Bertz CT molecular complexity index is 1760. The maximum Gasteiger partial charge on any atom is 0.588 e. The molecule has 0 spiro atoms. The normalized spacial score (nSPS) is 18.4. The van der Waals surface area contributed by atoms with Gasteiger partial charge in [-0.05, 0) is 49.9 Å². The van der Waals surface area contributed by atoms with Gasteiger partial charge in [0.1, 0.15) is 29.7 Å². The quantitative estimate of drug-likeness (QED) is 0.0237. The summed E-state index contributed by atoms with van der Waals surface area (Å²) in [6, 6.07) is 14.8. The highest BCUT2D eigenvalue weighted by Gasteiger charge is 2.54. The molecule has 1 amide bonds. The summed E-state index contributed by atoms with van der Waals surface area (Å²) in [6.45, 7) is 3.81. The Morgan fingerprint density at radius 3 is 1.41 bits per heavy atom. The number of para-hydroxylation sites is 2. The lowest BCUT2D eigenvalue weighted by Gasteiger charge is -2.45. The lowest BCUT2D eigenvalue weighted by molar-refractivity contribution is -0.264. The number of unbranched alkanes of at least 4 members (excludes halogenated alkanes) is 26. The number of carbonyl (C=O) groups excluding carboxylic acids is 3. The number of phosphoric ester groups is 1. The molecule has 1 saturated heterocycles. The number of rotatable bonds is 47. The molecule has 1 aliphatic rings. The Balaban J connectivity index is 1.86. The highest BCUT2D eigenvalue weighted by molar-refractivity contribution is 7.49. The van der Waals surface area contributed by atoms with Crippen LogP contribution < -0.4 is 14.4 Å². The van der Waals surface area contributed by atoms with E-state index in [-0.39, 0.29) is 30.9 Å². The van der Waals surface area contributed by atoms with Crippen molar-refractivity contribution in [3.8, 4) is 11.5 Å². The van der Waals surface area contributed by atoms with Crippen molar-refractivity contribution in [2.24, 2.45) is 0 Å². The van der Waals surface area contributed by atoms with Crippen LogP contribution in [-0.4, -0.2) is 94.3 Å². The maximum atomic E-state index is 15.0. The van der Waals surface area contributed by atoms with Crippen molar-refractivity contribution in [2.45, 2.75) is 275 Å². The lowest BCUT2D eigenvalue weighted by Crippen LogP contribution is -2.66. The highest BCUT2D eigenvalue weighted by atomic mass is 31.2. The van der Waals surface area contributed by atoms with E-state index in [0.29, 0.717) is 19.3 Å². The summed E-state index contributed by atoms with van der Waals surface area (Å²) < 4.78 is 51.6. The molecule has 434 valence electrons. The minimum atomic E-state index is -4.80. The molecule has 0 aliphatic carbocycles. The number of hydrogen-bond donors (Lipinski definition) is 5. The number of esters is 2. The van der Waals surface area contributed by atoms with Crippen LogP contribution in [0.5, 0.6) is 11.5 Å². The Kier molecular flexibility index (Phi) is 37.2. The average Bonchev–Trinajstić information content (AvgIpc) is 3.41. The van der Waals surface area contributed by atoms with E-state index in [1.807, 2.05) is 0 Å². The first-order valence-electron chi connectivity index (χ1n) is 29.7. The Morgan fingerprint density at radius 1 is 0.539 bits per heavy atom. The van der Waals surface area contributed by atoms with Crippen molar-refractivity contribution >= 4 is 25.7 Å². The van der Waals surface area contributed by atoms with E-state index in [0.717, 1.165) is 116 Å². The molecule has 2 aromatic carbocycles. The first kappa shape index (κ1) is 66.7. The predicted molar refractivity (Wildman–Crippen MR) is 298 cm³/mol. The van der Waals surface area contributed by atoms with E-state index in [9.17, 15) is 29.7 Å². The molecule has 1 heterocycles. The first-order chi connectivity index (χ1) is 37.0. The van der Waals surface area contributed by atoms with E-state index < -0.39 is 81.5 Å².